The average Bonchev–Trinajstić information content (AvgIpc) is 2.30. The van der Waals surface area contributed by atoms with E-state index in [9.17, 15) is 4.79 Å². The fraction of sp³-hybridized carbons (Fsp3) is 0.0714. The van der Waals surface area contributed by atoms with Crippen molar-refractivity contribution in [3.8, 4) is 11.1 Å². The van der Waals surface area contributed by atoms with E-state index in [0.717, 1.165) is 28.5 Å². The molecule has 0 unspecified atom stereocenters. The van der Waals surface area contributed by atoms with Crippen LogP contribution in [0.25, 0.3) is 11.1 Å². The Kier molecular flexibility index (Phi) is 3.39. The van der Waals surface area contributed by atoms with Crippen LogP contribution < -0.4 is 0 Å². The number of carbonyl (C=O) groups excluding carboxylic acids is 1. The van der Waals surface area contributed by atoms with E-state index in [0.29, 0.717) is 0 Å². The van der Waals surface area contributed by atoms with Gasteiger partial charge in [0.05, 0.1) is 0 Å². The van der Waals surface area contributed by atoms with Crippen LogP contribution in [0.5, 0.6) is 0 Å². The zero-order chi connectivity index (χ0) is 11.5. The Morgan fingerprint density at radius 2 is 1.75 bits per heavy atom. The topological polar surface area (TPSA) is 17.1 Å². The lowest BCUT2D eigenvalue weighted by atomic mass is 9.97. The van der Waals surface area contributed by atoms with Crippen LogP contribution >= 0.6 is 22.6 Å². The van der Waals surface area contributed by atoms with Gasteiger partial charge in [0, 0.05) is 9.13 Å². The molecule has 0 aromatic heterocycles. The Labute approximate surface area is 109 Å². The summed E-state index contributed by atoms with van der Waals surface area (Å²) in [5.74, 6) is 0. The van der Waals surface area contributed by atoms with Gasteiger partial charge < -0.3 is 0 Å². The fourth-order valence-corrected chi connectivity index (χ4v) is 2.08. The third kappa shape index (κ3) is 2.16. The second kappa shape index (κ2) is 4.78. The lowest BCUT2D eigenvalue weighted by Crippen LogP contribution is -1.91. The number of rotatable bonds is 2. The Hall–Kier alpha value is -1.16. The molecule has 1 nitrogen and oxygen atoms in total. The van der Waals surface area contributed by atoms with Gasteiger partial charge in [-0.2, -0.15) is 0 Å². The van der Waals surface area contributed by atoms with Crippen LogP contribution in [0.15, 0.2) is 42.5 Å². The highest BCUT2D eigenvalue weighted by Crippen LogP contribution is 2.25. The Bertz CT molecular complexity index is 515. The van der Waals surface area contributed by atoms with Crippen molar-refractivity contribution in [2.75, 3.05) is 0 Å². The molecule has 0 aliphatic carbocycles. The summed E-state index contributed by atoms with van der Waals surface area (Å²) in [6.45, 7) is 1.96. The van der Waals surface area contributed by atoms with Crippen LogP contribution in [0.3, 0.4) is 0 Å². The molecule has 0 amide bonds. The zero-order valence-electron chi connectivity index (χ0n) is 8.91. The largest absolute Gasteiger partial charge is 0.298 e. The number of aryl methyl sites for hydroxylation is 1. The SMILES string of the molecule is Cc1cccc(-c2ccc(I)cc2)c1C=O. The maximum atomic E-state index is 11.1. The fourth-order valence-electron chi connectivity index (χ4n) is 1.72. The van der Waals surface area contributed by atoms with Crippen molar-refractivity contribution in [1.29, 1.82) is 0 Å². The molecular formula is C14H11IO. The van der Waals surface area contributed by atoms with Gasteiger partial charge in [0.2, 0.25) is 0 Å². The second-order valence-corrected chi connectivity index (χ2v) is 4.91. The Morgan fingerprint density at radius 3 is 2.38 bits per heavy atom. The summed E-state index contributed by atoms with van der Waals surface area (Å²) in [5.41, 5.74) is 3.90. The van der Waals surface area contributed by atoms with E-state index in [4.69, 9.17) is 0 Å². The summed E-state index contributed by atoms with van der Waals surface area (Å²) >= 11 is 2.27. The molecule has 0 N–H and O–H groups in total. The van der Waals surface area contributed by atoms with Crippen molar-refractivity contribution < 1.29 is 4.79 Å². The molecule has 0 fully saturated rings. The first-order valence-corrected chi connectivity index (χ1v) is 6.11. The van der Waals surface area contributed by atoms with Crippen LogP contribution in [0.2, 0.25) is 0 Å². The molecule has 0 saturated heterocycles. The van der Waals surface area contributed by atoms with Crippen molar-refractivity contribution in [3.63, 3.8) is 0 Å². The predicted octanol–water partition coefficient (Wildman–Crippen LogP) is 4.08. The van der Waals surface area contributed by atoms with Crippen LogP contribution in [0, 0.1) is 10.5 Å². The molecule has 2 rings (SSSR count). The van der Waals surface area contributed by atoms with E-state index in [2.05, 4.69) is 22.6 Å². The van der Waals surface area contributed by atoms with Gasteiger partial charge >= 0.3 is 0 Å². The molecular weight excluding hydrogens is 311 g/mol. The van der Waals surface area contributed by atoms with Gasteiger partial charge in [-0.1, -0.05) is 30.3 Å². The molecule has 2 aromatic carbocycles. The quantitative estimate of drug-likeness (QED) is 0.601. The average molecular weight is 322 g/mol. The van der Waals surface area contributed by atoms with Crippen LogP contribution in [0.1, 0.15) is 15.9 Å². The van der Waals surface area contributed by atoms with Crippen LogP contribution in [-0.4, -0.2) is 6.29 Å². The van der Waals surface area contributed by atoms with E-state index >= 15 is 0 Å². The van der Waals surface area contributed by atoms with Crippen molar-refractivity contribution >= 4 is 28.9 Å². The summed E-state index contributed by atoms with van der Waals surface area (Å²) in [6, 6.07) is 14.1. The highest BCUT2D eigenvalue weighted by Gasteiger charge is 2.06. The van der Waals surface area contributed by atoms with E-state index in [1.807, 2.05) is 49.4 Å². The normalized spacial score (nSPS) is 10.1. The summed E-state index contributed by atoms with van der Waals surface area (Å²) in [7, 11) is 0. The first-order chi connectivity index (χ1) is 7.72. The number of hydrogen-bond acceptors (Lipinski definition) is 1. The molecule has 0 aliphatic heterocycles. The molecule has 80 valence electrons. The number of halogens is 1. The van der Waals surface area contributed by atoms with Gasteiger partial charge in [0.1, 0.15) is 0 Å². The van der Waals surface area contributed by atoms with Gasteiger partial charge in [-0.05, 0) is 58.3 Å². The summed E-state index contributed by atoms with van der Waals surface area (Å²) in [4.78, 5) is 11.1. The molecule has 0 radical (unpaired) electrons. The van der Waals surface area contributed by atoms with Crippen molar-refractivity contribution in [2.45, 2.75) is 6.92 Å². The minimum Gasteiger partial charge on any atom is -0.298 e. The lowest BCUT2D eigenvalue weighted by molar-refractivity contribution is 0.112. The Morgan fingerprint density at radius 1 is 1.06 bits per heavy atom. The van der Waals surface area contributed by atoms with Crippen molar-refractivity contribution in [1.82, 2.24) is 0 Å². The molecule has 2 aromatic rings. The highest BCUT2D eigenvalue weighted by atomic mass is 127. The smallest absolute Gasteiger partial charge is 0.150 e. The predicted molar refractivity (Wildman–Crippen MR) is 74.7 cm³/mol. The summed E-state index contributed by atoms with van der Waals surface area (Å²) in [6.07, 6.45) is 0.933. The van der Waals surface area contributed by atoms with Crippen molar-refractivity contribution in [2.24, 2.45) is 0 Å². The van der Waals surface area contributed by atoms with E-state index < -0.39 is 0 Å². The Balaban J connectivity index is 2.59. The third-order valence-electron chi connectivity index (χ3n) is 2.60. The highest BCUT2D eigenvalue weighted by molar-refractivity contribution is 14.1. The van der Waals surface area contributed by atoms with Gasteiger partial charge in [0.25, 0.3) is 0 Å². The summed E-state index contributed by atoms with van der Waals surface area (Å²) < 4.78 is 1.20. The summed E-state index contributed by atoms with van der Waals surface area (Å²) in [5, 5.41) is 0. The molecule has 0 saturated carbocycles. The van der Waals surface area contributed by atoms with Gasteiger partial charge in [-0.3, -0.25) is 4.79 Å². The van der Waals surface area contributed by atoms with E-state index in [1.54, 1.807) is 0 Å². The first kappa shape index (κ1) is 11.3. The van der Waals surface area contributed by atoms with Crippen molar-refractivity contribution in [3.05, 3.63) is 57.2 Å². The number of carbonyl (C=O) groups is 1. The maximum Gasteiger partial charge on any atom is 0.150 e. The van der Waals surface area contributed by atoms with Crippen LogP contribution in [-0.2, 0) is 0 Å². The molecule has 0 bridgehead atoms. The number of hydrogen-bond donors (Lipinski definition) is 0. The van der Waals surface area contributed by atoms with Gasteiger partial charge in [0.15, 0.2) is 6.29 Å². The number of benzene rings is 2. The molecule has 0 aliphatic rings. The number of aldehydes is 1. The molecule has 0 atom stereocenters. The zero-order valence-corrected chi connectivity index (χ0v) is 11.1. The molecule has 0 spiro atoms. The van der Waals surface area contributed by atoms with Crippen LogP contribution in [0.4, 0.5) is 0 Å². The lowest BCUT2D eigenvalue weighted by Gasteiger charge is -2.07. The first-order valence-electron chi connectivity index (χ1n) is 5.03. The molecule has 0 heterocycles. The standard InChI is InChI=1S/C14H11IO/c1-10-3-2-4-13(14(10)9-16)11-5-7-12(15)8-6-11/h2-9H,1H3. The molecule has 2 heteroatoms. The molecule has 16 heavy (non-hydrogen) atoms. The van der Waals surface area contributed by atoms with E-state index in [-0.39, 0.29) is 0 Å². The third-order valence-corrected chi connectivity index (χ3v) is 3.32. The van der Waals surface area contributed by atoms with Gasteiger partial charge in [-0.25, -0.2) is 0 Å². The minimum atomic E-state index is 0.781. The monoisotopic (exact) mass is 322 g/mol. The minimum absolute atomic E-state index is 0.781. The van der Waals surface area contributed by atoms with E-state index in [1.165, 1.54) is 3.57 Å². The second-order valence-electron chi connectivity index (χ2n) is 3.66. The van der Waals surface area contributed by atoms with Gasteiger partial charge in [-0.15, -0.1) is 0 Å². The maximum absolute atomic E-state index is 11.1.